The number of esters is 1. The average molecular weight is 332 g/mol. The quantitative estimate of drug-likeness (QED) is 0.840. The van der Waals surface area contributed by atoms with Crippen LogP contribution < -0.4 is 5.32 Å². The molecule has 0 saturated heterocycles. The topological polar surface area (TPSA) is 55.4 Å². The Morgan fingerprint density at radius 2 is 1.87 bits per heavy atom. The summed E-state index contributed by atoms with van der Waals surface area (Å²) in [6.45, 7) is 3.56. The van der Waals surface area contributed by atoms with Gasteiger partial charge in [0.15, 0.2) is 6.10 Å². The molecule has 0 aliphatic heterocycles. The van der Waals surface area contributed by atoms with Crippen molar-refractivity contribution in [3.63, 3.8) is 0 Å². The van der Waals surface area contributed by atoms with Gasteiger partial charge in [0.2, 0.25) is 0 Å². The van der Waals surface area contributed by atoms with Gasteiger partial charge in [0.25, 0.3) is 5.91 Å². The number of aryl methyl sites for hydroxylation is 1. The van der Waals surface area contributed by atoms with Crippen LogP contribution in [0.25, 0.3) is 0 Å². The molecule has 2 aromatic carbocycles. The SMILES string of the molecule is CCc1ccc(C(=O)OC(C)C(=O)Nc2cccc(Cl)c2)cc1. The van der Waals surface area contributed by atoms with Crippen LogP contribution in [0.15, 0.2) is 48.5 Å². The third-order valence-electron chi connectivity index (χ3n) is 3.34. The summed E-state index contributed by atoms with van der Waals surface area (Å²) in [6, 6.07) is 13.9. The Morgan fingerprint density at radius 3 is 2.48 bits per heavy atom. The monoisotopic (exact) mass is 331 g/mol. The maximum atomic E-state index is 12.1. The second-order valence-electron chi connectivity index (χ2n) is 5.10. The highest BCUT2D eigenvalue weighted by Gasteiger charge is 2.19. The number of benzene rings is 2. The van der Waals surface area contributed by atoms with E-state index in [2.05, 4.69) is 5.32 Å². The van der Waals surface area contributed by atoms with Crippen molar-refractivity contribution in [1.82, 2.24) is 0 Å². The lowest BCUT2D eigenvalue weighted by Crippen LogP contribution is -2.30. The molecule has 1 N–H and O–H groups in total. The number of carbonyl (C=O) groups is 2. The summed E-state index contributed by atoms with van der Waals surface area (Å²) in [5.41, 5.74) is 2.11. The zero-order chi connectivity index (χ0) is 16.8. The highest BCUT2D eigenvalue weighted by molar-refractivity contribution is 6.30. The molecule has 5 heteroatoms. The molecular formula is C18H18ClNO3. The first-order chi connectivity index (χ1) is 11.0. The average Bonchev–Trinajstić information content (AvgIpc) is 2.54. The zero-order valence-electron chi connectivity index (χ0n) is 13.0. The van der Waals surface area contributed by atoms with Gasteiger partial charge in [0, 0.05) is 10.7 Å². The van der Waals surface area contributed by atoms with E-state index in [9.17, 15) is 9.59 Å². The van der Waals surface area contributed by atoms with E-state index in [1.54, 1.807) is 36.4 Å². The van der Waals surface area contributed by atoms with Gasteiger partial charge in [0.1, 0.15) is 0 Å². The maximum absolute atomic E-state index is 12.1. The smallest absolute Gasteiger partial charge is 0.338 e. The van der Waals surface area contributed by atoms with Crippen LogP contribution in [-0.2, 0) is 16.0 Å². The van der Waals surface area contributed by atoms with Crippen LogP contribution in [0.1, 0.15) is 29.8 Å². The lowest BCUT2D eigenvalue weighted by molar-refractivity contribution is -0.123. The Balaban J connectivity index is 1.95. The van der Waals surface area contributed by atoms with Crippen molar-refractivity contribution < 1.29 is 14.3 Å². The molecule has 0 saturated carbocycles. The first-order valence-corrected chi connectivity index (χ1v) is 7.73. The number of hydrogen-bond donors (Lipinski definition) is 1. The molecule has 0 radical (unpaired) electrons. The summed E-state index contributed by atoms with van der Waals surface area (Å²) in [5.74, 6) is -0.938. The predicted octanol–water partition coefficient (Wildman–Crippen LogP) is 4.09. The third-order valence-corrected chi connectivity index (χ3v) is 3.58. The summed E-state index contributed by atoms with van der Waals surface area (Å²) >= 11 is 5.86. The number of hydrogen-bond acceptors (Lipinski definition) is 3. The van der Waals surface area contributed by atoms with Crippen LogP contribution in [0.3, 0.4) is 0 Å². The molecule has 0 fully saturated rings. The molecule has 23 heavy (non-hydrogen) atoms. The molecule has 0 aliphatic rings. The van der Waals surface area contributed by atoms with Crippen molar-refractivity contribution in [3.8, 4) is 0 Å². The van der Waals surface area contributed by atoms with E-state index in [1.165, 1.54) is 6.92 Å². The van der Waals surface area contributed by atoms with Crippen LogP contribution >= 0.6 is 11.6 Å². The van der Waals surface area contributed by atoms with E-state index >= 15 is 0 Å². The molecule has 0 aromatic heterocycles. The molecule has 4 nitrogen and oxygen atoms in total. The van der Waals surface area contributed by atoms with Crippen LogP contribution in [0, 0.1) is 0 Å². The minimum Gasteiger partial charge on any atom is -0.449 e. The molecule has 1 unspecified atom stereocenters. The highest BCUT2D eigenvalue weighted by atomic mass is 35.5. The number of rotatable bonds is 5. The van der Waals surface area contributed by atoms with Gasteiger partial charge in [-0.2, -0.15) is 0 Å². The molecule has 0 aliphatic carbocycles. The Hall–Kier alpha value is -2.33. The van der Waals surface area contributed by atoms with Crippen molar-refractivity contribution in [1.29, 1.82) is 0 Å². The minimum absolute atomic E-state index is 0.411. The predicted molar refractivity (Wildman–Crippen MR) is 90.8 cm³/mol. The fraction of sp³-hybridized carbons (Fsp3) is 0.222. The number of halogens is 1. The van der Waals surface area contributed by atoms with Gasteiger partial charge < -0.3 is 10.1 Å². The maximum Gasteiger partial charge on any atom is 0.338 e. The van der Waals surface area contributed by atoms with Crippen molar-refractivity contribution >= 4 is 29.2 Å². The van der Waals surface area contributed by atoms with E-state index in [0.717, 1.165) is 12.0 Å². The van der Waals surface area contributed by atoms with Crippen molar-refractivity contribution in [2.75, 3.05) is 5.32 Å². The Kier molecular flexibility index (Phi) is 5.77. The van der Waals surface area contributed by atoms with Gasteiger partial charge in [-0.05, 0) is 49.2 Å². The van der Waals surface area contributed by atoms with Crippen molar-refractivity contribution in [3.05, 3.63) is 64.7 Å². The highest BCUT2D eigenvalue weighted by Crippen LogP contribution is 2.15. The Morgan fingerprint density at radius 1 is 1.17 bits per heavy atom. The number of carbonyl (C=O) groups excluding carboxylic acids is 2. The minimum atomic E-state index is -0.910. The van der Waals surface area contributed by atoms with E-state index in [0.29, 0.717) is 16.3 Å². The summed E-state index contributed by atoms with van der Waals surface area (Å²) in [5, 5.41) is 3.17. The number of nitrogens with one attached hydrogen (secondary N) is 1. The van der Waals surface area contributed by atoms with Gasteiger partial charge in [-0.3, -0.25) is 4.79 Å². The van der Waals surface area contributed by atoms with E-state index < -0.39 is 18.0 Å². The third kappa shape index (κ3) is 4.83. The Bertz CT molecular complexity index is 698. The van der Waals surface area contributed by atoms with E-state index in [1.807, 2.05) is 19.1 Å². The molecule has 0 heterocycles. The second-order valence-corrected chi connectivity index (χ2v) is 5.53. The molecule has 1 amide bonds. The van der Waals surface area contributed by atoms with E-state index in [4.69, 9.17) is 16.3 Å². The van der Waals surface area contributed by atoms with Crippen LogP contribution in [-0.4, -0.2) is 18.0 Å². The van der Waals surface area contributed by atoms with E-state index in [-0.39, 0.29) is 0 Å². The van der Waals surface area contributed by atoms with Crippen molar-refractivity contribution in [2.24, 2.45) is 0 Å². The lowest BCUT2D eigenvalue weighted by atomic mass is 10.1. The van der Waals surface area contributed by atoms with Gasteiger partial charge in [-0.25, -0.2) is 4.79 Å². The molecule has 0 spiro atoms. The summed E-state index contributed by atoms with van der Waals surface area (Å²) < 4.78 is 5.19. The van der Waals surface area contributed by atoms with Crippen LogP contribution in [0.2, 0.25) is 5.02 Å². The van der Waals surface area contributed by atoms with Gasteiger partial charge in [-0.15, -0.1) is 0 Å². The lowest BCUT2D eigenvalue weighted by Gasteiger charge is -2.14. The molecular weight excluding hydrogens is 314 g/mol. The number of ether oxygens (including phenoxy) is 1. The first-order valence-electron chi connectivity index (χ1n) is 7.36. The summed E-state index contributed by atoms with van der Waals surface area (Å²) in [7, 11) is 0. The second kappa shape index (κ2) is 7.79. The van der Waals surface area contributed by atoms with Crippen LogP contribution in [0.5, 0.6) is 0 Å². The number of anilines is 1. The molecule has 2 aromatic rings. The van der Waals surface area contributed by atoms with Gasteiger partial charge in [-0.1, -0.05) is 36.7 Å². The van der Waals surface area contributed by atoms with Crippen LogP contribution in [0.4, 0.5) is 5.69 Å². The Labute approximate surface area is 140 Å². The molecule has 1 atom stereocenters. The molecule has 0 bridgehead atoms. The fourth-order valence-electron chi connectivity index (χ4n) is 1.97. The number of amides is 1. The summed E-state index contributed by atoms with van der Waals surface area (Å²) in [4.78, 5) is 24.1. The van der Waals surface area contributed by atoms with Gasteiger partial charge in [0.05, 0.1) is 5.56 Å². The zero-order valence-corrected chi connectivity index (χ0v) is 13.8. The summed E-state index contributed by atoms with van der Waals surface area (Å²) in [6.07, 6.45) is -0.0133. The van der Waals surface area contributed by atoms with Gasteiger partial charge >= 0.3 is 5.97 Å². The molecule has 2 rings (SSSR count). The normalized spacial score (nSPS) is 11.6. The van der Waals surface area contributed by atoms with Crippen molar-refractivity contribution in [2.45, 2.75) is 26.4 Å². The first kappa shape index (κ1) is 17.0. The standard InChI is InChI=1S/C18H18ClNO3/c1-3-13-7-9-14(10-8-13)18(22)23-12(2)17(21)20-16-6-4-5-15(19)11-16/h4-12H,3H2,1-2H3,(H,20,21). The largest absolute Gasteiger partial charge is 0.449 e. The molecule has 120 valence electrons. The fourth-order valence-corrected chi connectivity index (χ4v) is 2.16.